The highest BCUT2D eigenvalue weighted by atomic mass is 16.1. The molecule has 5 heteroatoms. The fourth-order valence-electron chi connectivity index (χ4n) is 3.22. The number of para-hydroxylation sites is 2. The van der Waals surface area contributed by atoms with Crippen molar-refractivity contribution in [1.82, 2.24) is 14.9 Å². The number of benzene rings is 1. The van der Waals surface area contributed by atoms with Gasteiger partial charge in [-0.1, -0.05) is 12.1 Å². The second-order valence-electron chi connectivity index (χ2n) is 6.39. The number of amides is 1. The lowest BCUT2D eigenvalue weighted by molar-refractivity contribution is -0.126. The van der Waals surface area contributed by atoms with Gasteiger partial charge in [0.25, 0.3) is 0 Å². The largest absolute Gasteiger partial charge is 0.368 e. The van der Waals surface area contributed by atoms with Crippen LogP contribution in [-0.4, -0.2) is 27.0 Å². The number of aromatic nitrogens is 2. The van der Waals surface area contributed by atoms with Gasteiger partial charge in [-0.3, -0.25) is 10.1 Å². The van der Waals surface area contributed by atoms with Crippen molar-refractivity contribution in [2.24, 2.45) is 11.7 Å². The van der Waals surface area contributed by atoms with Crippen molar-refractivity contribution in [3.8, 4) is 0 Å². The third kappa shape index (κ3) is 2.21. The number of carbonyl (C=O) groups is 1. The van der Waals surface area contributed by atoms with Crippen molar-refractivity contribution < 1.29 is 4.79 Å². The first-order valence-electron chi connectivity index (χ1n) is 7.66. The topological polar surface area (TPSA) is 72.9 Å². The zero-order valence-corrected chi connectivity index (χ0v) is 12.0. The van der Waals surface area contributed by atoms with E-state index in [-0.39, 0.29) is 5.91 Å². The molecule has 1 atom stereocenters. The number of hydrogen-bond acceptors (Lipinski definition) is 3. The second kappa shape index (κ2) is 4.56. The monoisotopic (exact) mass is 284 g/mol. The van der Waals surface area contributed by atoms with Crippen LogP contribution < -0.4 is 11.1 Å². The van der Waals surface area contributed by atoms with Crippen molar-refractivity contribution in [3.63, 3.8) is 0 Å². The first-order valence-corrected chi connectivity index (χ1v) is 7.66. The van der Waals surface area contributed by atoms with Gasteiger partial charge in [0.2, 0.25) is 5.91 Å². The Kier molecular flexibility index (Phi) is 2.79. The van der Waals surface area contributed by atoms with Gasteiger partial charge < -0.3 is 10.3 Å². The van der Waals surface area contributed by atoms with Gasteiger partial charge in [-0.25, -0.2) is 4.98 Å². The van der Waals surface area contributed by atoms with E-state index in [4.69, 9.17) is 5.73 Å². The molecule has 4 rings (SSSR count). The number of rotatable bonds is 6. The van der Waals surface area contributed by atoms with E-state index in [0.29, 0.717) is 18.5 Å². The van der Waals surface area contributed by atoms with Crippen LogP contribution in [0.5, 0.6) is 0 Å². The summed E-state index contributed by atoms with van der Waals surface area (Å²) in [7, 11) is 0. The van der Waals surface area contributed by atoms with Gasteiger partial charge in [-0.05, 0) is 43.7 Å². The molecule has 0 aliphatic heterocycles. The first-order chi connectivity index (χ1) is 10.2. The van der Waals surface area contributed by atoms with Crippen molar-refractivity contribution in [1.29, 1.82) is 0 Å². The lowest BCUT2D eigenvalue weighted by atomic mass is 9.91. The number of primary amides is 1. The number of nitrogens with zero attached hydrogens (tertiary/aromatic N) is 2. The van der Waals surface area contributed by atoms with Crippen LogP contribution in [-0.2, 0) is 11.3 Å². The predicted octanol–water partition coefficient (Wildman–Crippen LogP) is 1.42. The van der Waals surface area contributed by atoms with E-state index in [1.165, 1.54) is 0 Å². The van der Waals surface area contributed by atoms with Crippen LogP contribution in [0.15, 0.2) is 30.6 Å². The smallest absolute Gasteiger partial charge is 0.239 e. The summed E-state index contributed by atoms with van der Waals surface area (Å²) in [4.78, 5) is 16.7. The lowest BCUT2D eigenvalue weighted by Crippen LogP contribution is -2.60. The van der Waals surface area contributed by atoms with Crippen LogP contribution in [0.25, 0.3) is 11.0 Å². The molecule has 1 aromatic carbocycles. The van der Waals surface area contributed by atoms with Gasteiger partial charge in [0.15, 0.2) is 0 Å². The molecule has 2 aliphatic rings. The van der Waals surface area contributed by atoms with Gasteiger partial charge in [-0.15, -0.1) is 0 Å². The van der Waals surface area contributed by atoms with Gasteiger partial charge in [-0.2, -0.15) is 0 Å². The van der Waals surface area contributed by atoms with Crippen LogP contribution in [0.2, 0.25) is 0 Å². The Balaban J connectivity index is 1.71. The molecule has 1 amide bonds. The summed E-state index contributed by atoms with van der Waals surface area (Å²) in [5.41, 5.74) is 7.21. The molecule has 21 heavy (non-hydrogen) atoms. The Labute approximate surface area is 123 Å². The Hall–Kier alpha value is -1.88. The fraction of sp³-hybridized carbons (Fsp3) is 0.500. The number of hydrogen-bond donors (Lipinski definition) is 2. The molecule has 1 unspecified atom stereocenters. The number of imidazole rings is 1. The summed E-state index contributed by atoms with van der Waals surface area (Å²) in [6.45, 7) is 0.573. The summed E-state index contributed by atoms with van der Waals surface area (Å²) in [6.07, 6.45) is 6.27. The van der Waals surface area contributed by atoms with Crippen molar-refractivity contribution in [2.45, 2.75) is 43.8 Å². The Morgan fingerprint density at radius 3 is 2.76 bits per heavy atom. The average molecular weight is 284 g/mol. The number of nitrogens with two attached hydrogens (primary N) is 1. The van der Waals surface area contributed by atoms with E-state index in [1.807, 2.05) is 30.6 Å². The molecular weight excluding hydrogens is 264 g/mol. The molecule has 0 radical (unpaired) electrons. The predicted molar refractivity (Wildman–Crippen MR) is 80.5 cm³/mol. The molecule has 3 N–H and O–H groups in total. The molecule has 2 aromatic rings. The quantitative estimate of drug-likeness (QED) is 0.842. The van der Waals surface area contributed by atoms with E-state index < -0.39 is 5.54 Å². The highest BCUT2D eigenvalue weighted by Gasteiger charge is 2.52. The molecule has 5 nitrogen and oxygen atoms in total. The Morgan fingerprint density at radius 1 is 1.33 bits per heavy atom. The normalized spacial score (nSPS) is 21.3. The number of carbonyl (C=O) groups excluding carboxylic acids is 1. The highest BCUT2D eigenvalue weighted by molar-refractivity contribution is 5.86. The van der Waals surface area contributed by atoms with Crippen LogP contribution >= 0.6 is 0 Å². The van der Waals surface area contributed by atoms with Crippen LogP contribution in [0.3, 0.4) is 0 Å². The molecule has 2 fully saturated rings. The van der Waals surface area contributed by atoms with Gasteiger partial charge in [0, 0.05) is 6.04 Å². The minimum absolute atomic E-state index is 0.227. The lowest BCUT2D eigenvalue weighted by Gasteiger charge is -2.33. The summed E-state index contributed by atoms with van der Waals surface area (Å²) in [6, 6.07) is 8.46. The van der Waals surface area contributed by atoms with Crippen LogP contribution in [0.1, 0.15) is 25.7 Å². The molecule has 1 heterocycles. The third-order valence-electron chi connectivity index (χ3n) is 4.70. The summed E-state index contributed by atoms with van der Waals surface area (Å²) < 4.78 is 2.06. The summed E-state index contributed by atoms with van der Waals surface area (Å²) in [5.74, 6) is 0.131. The number of fused-ring (bicyclic) bond motifs is 1. The molecule has 0 spiro atoms. The maximum Gasteiger partial charge on any atom is 0.239 e. The Morgan fingerprint density at radius 2 is 2.10 bits per heavy atom. The van der Waals surface area contributed by atoms with Gasteiger partial charge in [0.05, 0.1) is 23.9 Å². The molecule has 1 aromatic heterocycles. The van der Waals surface area contributed by atoms with Gasteiger partial charge >= 0.3 is 0 Å². The second-order valence-corrected chi connectivity index (χ2v) is 6.39. The van der Waals surface area contributed by atoms with Crippen molar-refractivity contribution >= 4 is 16.9 Å². The molecule has 2 saturated carbocycles. The highest BCUT2D eigenvalue weighted by Crippen LogP contribution is 2.42. The van der Waals surface area contributed by atoms with E-state index >= 15 is 0 Å². The molecular formula is C16H20N4O. The minimum Gasteiger partial charge on any atom is -0.368 e. The minimum atomic E-state index is -0.620. The zero-order valence-electron chi connectivity index (χ0n) is 12.0. The standard InChI is InChI=1S/C16H20N4O/c17-15(21)16(11-5-6-11,19-12-7-8-12)9-20-10-18-13-3-1-2-4-14(13)20/h1-4,10-12,19H,5-9H2,(H2,17,21). The average Bonchev–Trinajstić information content (AvgIpc) is 3.37. The van der Waals surface area contributed by atoms with Crippen molar-refractivity contribution in [3.05, 3.63) is 30.6 Å². The van der Waals surface area contributed by atoms with E-state index in [2.05, 4.69) is 14.9 Å². The fourth-order valence-corrected chi connectivity index (χ4v) is 3.22. The van der Waals surface area contributed by atoms with E-state index in [1.54, 1.807) is 0 Å². The third-order valence-corrected chi connectivity index (χ3v) is 4.70. The number of nitrogens with one attached hydrogen (secondary N) is 1. The Bertz CT molecular complexity index is 686. The molecule has 110 valence electrons. The van der Waals surface area contributed by atoms with Gasteiger partial charge in [0.1, 0.15) is 5.54 Å². The molecule has 2 aliphatic carbocycles. The van der Waals surface area contributed by atoms with Crippen LogP contribution in [0, 0.1) is 5.92 Å². The van der Waals surface area contributed by atoms with Crippen LogP contribution in [0.4, 0.5) is 0 Å². The SMILES string of the molecule is NC(=O)C(Cn1cnc2ccccc21)(NC1CC1)C1CC1. The summed E-state index contributed by atoms with van der Waals surface area (Å²) >= 11 is 0. The summed E-state index contributed by atoms with van der Waals surface area (Å²) in [5, 5.41) is 3.55. The maximum atomic E-state index is 12.3. The first kappa shape index (κ1) is 12.8. The zero-order chi connectivity index (χ0) is 14.4. The maximum absolute atomic E-state index is 12.3. The van der Waals surface area contributed by atoms with E-state index in [0.717, 1.165) is 36.7 Å². The molecule has 0 saturated heterocycles. The van der Waals surface area contributed by atoms with Crippen molar-refractivity contribution in [2.75, 3.05) is 0 Å². The van der Waals surface area contributed by atoms with E-state index in [9.17, 15) is 4.79 Å². The molecule has 0 bridgehead atoms.